The Labute approximate surface area is 119 Å². The van der Waals surface area contributed by atoms with E-state index in [4.69, 9.17) is 10.8 Å². The van der Waals surface area contributed by atoms with Crippen LogP contribution in [0, 0.1) is 5.92 Å². The Morgan fingerprint density at radius 1 is 1.15 bits per heavy atom. The molecule has 1 aliphatic heterocycles. The van der Waals surface area contributed by atoms with Gasteiger partial charge in [-0.2, -0.15) is 17.4 Å². The van der Waals surface area contributed by atoms with Crippen molar-refractivity contribution in [2.45, 2.75) is 50.6 Å². The molecule has 1 saturated heterocycles. The molecule has 1 saturated carbocycles. The topological polar surface area (TPSA) is 113 Å². The second kappa shape index (κ2) is 6.38. The lowest BCUT2D eigenvalue weighted by Crippen LogP contribution is -2.54. The van der Waals surface area contributed by atoms with Crippen molar-refractivity contribution in [2.75, 3.05) is 13.1 Å². The molecule has 20 heavy (non-hydrogen) atoms. The highest BCUT2D eigenvalue weighted by Crippen LogP contribution is 2.21. The summed E-state index contributed by atoms with van der Waals surface area (Å²) < 4.78 is 28.6. The first kappa shape index (κ1) is 15.7. The molecule has 2 aliphatic rings. The van der Waals surface area contributed by atoms with Gasteiger partial charge >= 0.3 is 5.97 Å². The van der Waals surface area contributed by atoms with E-state index in [1.165, 1.54) is 4.31 Å². The van der Waals surface area contributed by atoms with Crippen LogP contribution in [0.4, 0.5) is 0 Å². The molecule has 2 unspecified atom stereocenters. The van der Waals surface area contributed by atoms with Gasteiger partial charge in [0.1, 0.15) is 0 Å². The average Bonchev–Trinajstić information content (AvgIpc) is 2.41. The fraction of sp³-hybridized carbons (Fsp3) is 0.917. The molecule has 116 valence electrons. The van der Waals surface area contributed by atoms with Crippen LogP contribution < -0.4 is 10.5 Å². The molecule has 8 heteroatoms. The molecule has 0 amide bonds. The van der Waals surface area contributed by atoms with Crippen LogP contribution in [0.5, 0.6) is 0 Å². The minimum Gasteiger partial charge on any atom is -0.481 e. The van der Waals surface area contributed by atoms with Gasteiger partial charge in [0, 0.05) is 25.2 Å². The molecule has 0 aromatic heterocycles. The van der Waals surface area contributed by atoms with Crippen molar-refractivity contribution >= 4 is 16.2 Å². The number of nitrogens with one attached hydrogen (secondary N) is 1. The Kier molecular flexibility index (Phi) is 5.00. The van der Waals surface area contributed by atoms with Crippen LogP contribution in [0.25, 0.3) is 0 Å². The normalized spacial score (nSPS) is 30.2. The molecule has 2 rings (SSSR count). The third-order valence-corrected chi connectivity index (χ3v) is 5.91. The number of piperidine rings is 1. The third kappa shape index (κ3) is 3.69. The van der Waals surface area contributed by atoms with Gasteiger partial charge in [0.05, 0.1) is 5.92 Å². The zero-order chi connectivity index (χ0) is 14.8. The maximum atomic E-state index is 12.3. The molecule has 0 bridgehead atoms. The molecule has 4 N–H and O–H groups in total. The van der Waals surface area contributed by atoms with Gasteiger partial charge < -0.3 is 10.8 Å². The Bertz CT molecular complexity index is 446. The van der Waals surface area contributed by atoms with E-state index < -0.39 is 22.1 Å². The van der Waals surface area contributed by atoms with Crippen molar-refractivity contribution in [3.05, 3.63) is 0 Å². The summed E-state index contributed by atoms with van der Waals surface area (Å²) in [5.41, 5.74) is 5.95. The number of carboxylic acid groups (broad SMARTS) is 1. The largest absolute Gasteiger partial charge is 0.481 e. The summed E-state index contributed by atoms with van der Waals surface area (Å²) in [6, 6.07) is -0.332. The highest BCUT2D eigenvalue weighted by molar-refractivity contribution is 7.87. The van der Waals surface area contributed by atoms with Crippen LogP contribution in [-0.4, -0.2) is 49.0 Å². The van der Waals surface area contributed by atoms with Crippen molar-refractivity contribution in [3.8, 4) is 0 Å². The predicted molar refractivity (Wildman–Crippen MR) is 74.2 cm³/mol. The van der Waals surface area contributed by atoms with Crippen LogP contribution in [0.2, 0.25) is 0 Å². The quantitative estimate of drug-likeness (QED) is 0.670. The van der Waals surface area contributed by atoms with Crippen molar-refractivity contribution in [3.63, 3.8) is 0 Å². The molecular formula is C12H23N3O4S. The molecule has 0 aromatic rings. The van der Waals surface area contributed by atoms with Gasteiger partial charge in [-0.25, -0.2) is 0 Å². The third-order valence-electron chi connectivity index (χ3n) is 4.26. The van der Waals surface area contributed by atoms with Gasteiger partial charge in [-0.05, 0) is 25.7 Å². The number of nitrogens with two attached hydrogens (primary N) is 1. The Morgan fingerprint density at radius 2 is 1.75 bits per heavy atom. The summed E-state index contributed by atoms with van der Waals surface area (Å²) in [4.78, 5) is 10.9. The van der Waals surface area contributed by atoms with Crippen molar-refractivity contribution < 1.29 is 18.3 Å². The molecule has 0 radical (unpaired) electrons. The lowest BCUT2D eigenvalue weighted by Gasteiger charge is -2.34. The highest BCUT2D eigenvalue weighted by atomic mass is 32.2. The van der Waals surface area contributed by atoms with E-state index in [1.54, 1.807) is 0 Å². The summed E-state index contributed by atoms with van der Waals surface area (Å²) in [5, 5.41) is 8.92. The van der Waals surface area contributed by atoms with E-state index >= 15 is 0 Å². The second-order valence-corrected chi connectivity index (χ2v) is 7.39. The average molecular weight is 305 g/mol. The Balaban J connectivity index is 1.92. The fourth-order valence-corrected chi connectivity index (χ4v) is 4.43. The fourth-order valence-electron chi connectivity index (χ4n) is 2.91. The van der Waals surface area contributed by atoms with E-state index in [0.717, 1.165) is 25.7 Å². The van der Waals surface area contributed by atoms with Gasteiger partial charge in [-0.3, -0.25) is 4.79 Å². The maximum Gasteiger partial charge on any atom is 0.306 e. The first-order valence-electron chi connectivity index (χ1n) is 7.16. The van der Waals surface area contributed by atoms with E-state index in [2.05, 4.69) is 4.72 Å². The number of carboxylic acids is 1. The standard InChI is InChI=1S/C12H23N3O4S/c13-10-3-1-2-4-11(10)14-20(18,19)15-7-5-9(6-8-15)12(16)17/h9-11,14H,1-8,13H2,(H,16,17). The lowest BCUT2D eigenvalue weighted by molar-refractivity contribution is -0.142. The number of nitrogens with zero attached hydrogens (tertiary/aromatic N) is 1. The smallest absolute Gasteiger partial charge is 0.306 e. The van der Waals surface area contributed by atoms with Crippen molar-refractivity contribution in [2.24, 2.45) is 11.7 Å². The molecule has 7 nitrogen and oxygen atoms in total. The van der Waals surface area contributed by atoms with E-state index in [1.807, 2.05) is 0 Å². The molecular weight excluding hydrogens is 282 g/mol. The zero-order valence-corrected chi connectivity index (χ0v) is 12.3. The van der Waals surface area contributed by atoms with Gasteiger partial charge in [0.2, 0.25) is 0 Å². The number of hydrogen-bond donors (Lipinski definition) is 3. The lowest BCUT2D eigenvalue weighted by atomic mass is 9.92. The van der Waals surface area contributed by atoms with Gasteiger partial charge in [-0.15, -0.1) is 0 Å². The van der Waals surface area contributed by atoms with Crippen LogP contribution >= 0.6 is 0 Å². The van der Waals surface area contributed by atoms with Crippen LogP contribution in [0.15, 0.2) is 0 Å². The molecule has 1 aliphatic carbocycles. The van der Waals surface area contributed by atoms with E-state index in [9.17, 15) is 13.2 Å². The number of rotatable bonds is 4. The maximum absolute atomic E-state index is 12.3. The van der Waals surface area contributed by atoms with E-state index in [-0.39, 0.29) is 25.2 Å². The van der Waals surface area contributed by atoms with Gasteiger partial charge in [0.15, 0.2) is 0 Å². The SMILES string of the molecule is NC1CCCCC1NS(=O)(=O)N1CCC(C(=O)O)CC1. The van der Waals surface area contributed by atoms with E-state index in [0.29, 0.717) is 12.8 Å². The second-order valence-electron chi connectivity index (χ2n) is 5.69. The van der Waals surface area contributed by atoms with Crippen molar-refractivity contribution in [1.82, 2.24) is 9.03 Å². The summed E-state index contributed by atoms with van der Waals surface area (Å²) >= 11 is 0. The first-order valence-corrected chi connectivity index (χ1v) is 8.60. The predicted octanol–water partition coefficient (Wildman–Crippen LogP) is -0.113. The first-order chi connectivity index (χ1) is 9.40. The molecule has 2 atom stereocenters. The summed E-state index contributed by atoms with van der Waals surface area (Å²) in [6.45, 7) is 0.516. The molecule has 1 heterocycles. The minimum absolute atomic E-state index is 0.130. The summed E-state index contributed by atoms with van der Waals surface area (Å²) in [7, 11) is -3.55. The van der Waals surface area contributed by atoms with Crippen molar-refractivity contribution in [1.29, 1.82) is 0 Å². The zero-order valence-electron chi connectivity index (χ0n) is 11.5. The van der Waals surface area contributed by atoms with Gasteiger partial charge in [0.25, 0.3) is 10.2 Å². The Morgan fingerprint density at radius 3 is 2.30 bits per heavy atom. The molecule has 0 aromatic carbocycles. The monoisotopic (exact) mass is 305 g/mol. The van der Waals surface area contributed by atoms with Crippen LogP contribution in [0.3, 0.4) is 0 Å². The number of hydrogen-bond acceptors (Lipinski definition) is 4. The van der Waals surface area contributed by atoms with Crippen LogP contribution in [0.1, 0.15) is 38.5 Å². The number of aliphatic carboxylic acids is 1. The Hall–Kier alpha value is -0.700. The molecule has 2 fully saturated rings. The highest BCUT2D eigenvalue weighted by Gasteiger charge is 2.33. The minimum atomic E-state index is -3.55. The number of carbonyl (C=O) groups is 1. The summed E-state index contributed by atoms with van der Waals surface area (Å²) in [6.07, 6.45) is 4.38. The van der Waals surface area contributed by atoms with Crippen LogP contribution in [-0.2, 0) is 15.0 Å². The summed E-state index contributed by atoms with van der Waals surface area (Å²) in [5.74, 6) is -1.28. The molecule has 0 spiro atoms. The van der Waals surface area contributed by atoms with Gasteiger partial charge in [-0.1, -0.05) is 12.8 Å².